The van der Waals surface area contributed by atoms with Gasteiger partial charge in [-0.1, -0.05) is 0 Å². The van der Waals surface area contributed by atoms with Gasteiger partial charge in [-0.2, -0.15) is 0 Å². The molecule has 0 amide bonds. The third-order valence-corrected chi connectivity index (χ3v) is 0.421. The number of hydrogen-bond donors (Lipinski definition) is 4. The van der Waals surface area contributed by atoms with Gasteiger partial charge in [-0.05, 0) is 0 Å². The molecule has 0 aliphatic rings. The summed E-state index contributed by atoms with van der Waals surface area (Å²) in [5, 5.41) is 24.0. The topological polar surface area (TPSA) is 144 Å². The first kappa shape index (κ1) is 36.4. The van der Waals surface area contributed by atoms with Crippen LogP contribution in [0.3, 0.4) is 0 Å². The number of phosphoric acid groups is 1. The van der Waals surface area contributed by atoms with E-state index in [-0.39, 0.29) is 136 Å². The molecule has 15 heavy (non-hydrogen) atoms. The largest absolute Gasteiger partial charge is 1.00 e. The van der Waals surface area contributed by atoms with Crippen LogP contribution in [0.25, 0.3) is 0 Å². The van der Waals surface area contributed by atoms with Crippen molar-refractivity contribution in [2.24, 2.45) is 0 Å². The molecule has 0 aliphatic carbocycles. The molecular weight excluding hydrogens is 300 g/mol. The predicted octanol–water partition coefficient (Wildman–Crippen LogP) is -15.8. The molecule has 0 aromatic carbocycles. The SMILES string of the molecule is O=P([O-])([O-])O.OCC(O)CO.[Cl-].[K+].[Na+].[Na+]. The molecule has 12 heteroatoms. The van der Waals surface area contributed by atoms with Gasteiger partial charge in [0.25, 0.3) is 0 Å². The quantitative estimate of drug-likeness (QED) is 0.293. The maximum Gasteiger partial charge on any atom is 1.00 e. The molecule has 0 heterocycles. The van der Waals surface area contributed by atoms with Crippen molar-refractivity contribution in [3.8, 4) is 0 Å². The van der Waals surface area contributed by atoms with E-state index in [9.17, 15) is 0 Å². The molecule has 4 N–H and O–H groups in total. The second-order valence-electron chi connectivity index (χ2n) is 1.49. The third-order valence-electron chi connectivity index (χ3n) is 0.421. The van der Waals surface area contributed by atoms with Gasteiger partial charge in [-0.3, -0.25) is 0 Å². The Bertz CT molecular complexity index is 125. The van der Waals surface area contributed by atoms with Gasteiger partial charge in [0.15, 0.2) is 0 Å². The van der Waals surface area contributed by atoms with E-state index in [1.807, 2.05) is 0 Å². The molecule has 78 valence electrons. The zero-order valence-corrected chi connectivity index (χ0v) is 17.6. The maximum atomic E-state index is 8.66. The Morgan fingerprint density at radius 3 is 1.27 bits per heavy atom. The Morgan fingerprint density at radius 2 is 1.27 bits per heavy atom. The van der Waals surface area contributed by atoms with E-state index in [0.717, 1.165) is 0 Å². The molecule has 0 atom stereocenters. The van der Waals surface area contributed by atoms with Crippen molar-refractivity contribution in [1.29, 1.82) is 0 Å². The first-order valence-electron chi connectivity index (χ1n) is 2.45. The summed E-state index contributed by atoms with van der Waals surface area (Å²) >= 11 is 0. The number of hydrogen-bond acceptors (Lipinski definition) is 6. The van der Waals surface area contributed by atoms with Crippen molar-refractivity contribution in [1.82, 2.24) is 0 Å². The summed E-state index contributed by atoms with van der Waals surface area (Å²) in [6.45, 7) is -0.729. The molecular formula is C3H9ClKNa2O7P. The Morgan fingerprint density at radius 1 is 1.13 bits per heavy atom. The monoisotopic (exact) mass is 308 g/mol. The summed E-state index contributed by atoms with van der Waals surface area (Å²) in [7, 11) is -5.14. The van der Waals surface area contributed by atoms with Crippen LogP contribution in [-0.4, -0.2) is 39.5 Å². The predicted molar refractivity (Wildman–Crippen MR) is 30.0 cm³/mol. The summed E-state index contributed by atoms with van der Waals surface area (Å²) in [6, 6.07) is 0. The normalized spacial score (nSPS) is 7.93. The van der Waals surface area contributed by atoms with E-state index < -0.39 is 13.9 Å². The summed E-state index contributed by atoms with van der Waals surface area (Å²) in [5.74, 6) is 0. The fourth-order valence-electron chi connectivity index (χ4n) is 0.0577. The molecule has 0 saturated heterocycles. The van der Waals surface area contributed by atoms with Crippen LogP contribution in [0.1, 0.15) is 0 Å². The minimum atomic E-state index is -5.14. The molecule has 0 aromatic heterocycles. The van der Waals surface area contributed by atoms with Crippen LogP contribution in [-0.2, 0) is 4.57 Å². The van der Waals surface area contributed by atoms with Crippen LogP contribution < -0.4 is 133 Å². The van der Waals surface area contributed by atoms with Gasteiger partial charge in [0, 0.05) is 0 Å². The fourth-order valence-corrected chi connectivity index (χ4v) is 0.0577. The van der Waals surface area contributed by atoms with Crippen molar-refractivity contribution in [3.63, 3.8) is 0 Å². The van der Waals surface area contributed by atoms with Gasteiger partial charge in [0.1, 0.15) is 6.10 Å². The molecule has 0 aliphatic heterocycles. The number of aliphatic hydroxyl groups is 3. The molecule has 0 bridgehead atoms. The Balaban J connectivity index is -0.0000000215. The van der Waals surface area contributed by atoms with Gasteiger partial charge < -0.3 is 47.0 Å². The van der Waals surface area contributed by atoms with Crippen LogP contribution in [0.4, 0.5) is 0 Å². The van der Waals surface area contributed by atoms with E-state index in [2.05, 4.69) is 0 Å². The van der Waals surface area contributed by atoms with Gasteiger partial charge in [-0.25, -0.2) is 0 Å². The average molecular weight is 309 g/mol. The summed E-state index contributed by atoms with van der Waals surface area (Å²) < 4.78 is 8.66. The molecule has 0 saturated carbocycles. The Hall–Kier alpha value is 3.92. The van der Waals surface area contributed by atoms with E-state index in [4.69, 9.17) is 34.6 Å². The summed E-state index contributed by atoms with van der Waals surface area (Å²) in [5.41, 5.74) is 0. The van der Waals surface area contributed by atoms with Crippen LogP contribution in [0.15, 0.2) is 0 Å². The van der Waals surface area contributed by atoms with Gasteiger partial charge in [-0.15, -0.1) is 0 Å². The van der Waals surface area contributed by atoms with Crippen molar-refractivity contribution in [3.05, 3.63) is 0 Å². The number of rotatable bonds is 2. The van der Waals surface area contributed by atoms with E-state index in [0.29, 0.717) is 0 Å². The van der Waals surface area contributed by atoms with Crippen LogP contribution >= 0.6 is 7.82 Å². The zero-order chi connectivity index (χ0) is 9.49. The summed E-state index contributed by atoms with van der Waals surface area (Å²) in [6.07, 6.45) is -0.954. The average Bonchev–Trinajstić information content (AvgIpc) is 1.83. The zero-order valence-electron chi connectivity index (χ0n) is 8.83. The smallest absolute Gasteiger partial charge is 1.00 e. The van der Waals surface area contributed by atoms with Crippen molar-refractivity contribution in [2.45, 2.75) is 6.10 Å². The molecule has 0 radical (unpaired) electrons. The first-order valence-corrected chi connectivity index (χ1v) is 3.95. The van der Waals surface area contributed by atoms with Gasteiger partial charge >= 0.3 is 110 Å². The van der Waals surface area contributed by atoms with E-state index in [1.165, 1.54) is 0 Å². The van der Waals surface area contributed by atoms with Crippen LogP contribution in [0.5, 0.6) is 0 Å². The fraction of sp³-hybridized carbons (Fsp3) is 1.00. The number of aliphatic hydroxyl groups excluding tert-OH is 3. The summed E-state index contributed by atoms with van der Waals surface area (Å²) in [4.78, 5) is 24.3. The van der Waals surface area contributed by atoms with Crippen molar-refractivity contribution < 1.29 is 157 Å². The van der Waals surface area contributed by atoms with E-state index in [1.54, 1.807) is 0 Å². The minimum Gasteiger partial charge on any atom is -1.00 e. The Labute approximate surface area is 181 Å². The Kier molecular flexibility index (Phi) is 55.9. The van der Waals surface area contributed by atoms with Gasteiger partial charge in [0.2, 0.25) is 0 Å². The minimum absolute atomic E-state index is 0. The second kappa shape index (κ2) is 23.0. The van der Waals surface area contributed by atoms with Crippen molar-refractivity contribution >= 4 is 7.82 Å². The molecule has 0 aromatic rings. The third kappa shape index (κ3) is 72.4. The molecule has 7 nitrogen and oxygen atoms in total. The van der Waals surface area contributed by atoms with Crippen LogP contribution in [0, 0.1) is 0 Å². The van der Waals surface area contributed by atoms with Crippen LogP contribution in [0.2, 0.25) is 0 Å². The first-order chi connectivity index (χ1) is 4.81. The molecule has 0 fully saturated rings. The second-order valence-corrected chi connectivity index (χ2v) is 2.42. The molecule has 0 spiro atoms. The van der Waals surface area contributed by atoms with Crippen molar-refractivity contribution in [2.75, 3.05) is 13.2 Å². The van der Waals surface area contributed by atoms with E-state index >= 15 is 0 Å². The molecule has 0 rings (SSSR count). The maximum absolute atomic E-state index is 8.66. The standard InChI is InChI=1S/C3H8O3.ClH.K.2Na.H3O4P/c4-1-3(6)2-5;;;;;1-5(2,3)4/h3-6H,1-2H2;1H;;;;(H3,1,2,3,4)/q;;3*+1;/p-3. The number of halogens is 1. The molecule has 0 unspecified atom stereocenters. The van der Waals surface area contributed by atoms with Gasteiger partial charge in [0.05, 0.1) is 21.0 Å².